The van der Waals surface area contributed by atoms with Crippen LogP contribution in [-0.4, -0.2) is 16.2 Å². The Hall–Kier alpha value is -2.21. The van der Waals surface area contributed by atoms with Crippen LogP contribution in [0.5, 0.6) is 0 Å². The molecule has 0 bridgehead atoms. The van der Waals surface area contributed by atoms with Crippen molar-refractivity contribution in [2.75, 3.05) is 0 Å². The molecule has 0 fully saturated rings. The number of benzene rings is 1. The fraction of sp³-hybridized carbons (Fsp3) is 0. The van der Waals surface area contributed by atoms with Crippen LogP contribution in [0.25, 0.3) is 0 Å². The molecule has 0 radical (unpaired) electrons. The molecule has 0 aliphatic heterocycles. The number of nitro groups is 1. The largest absolute Gasteiger partial charge is 0.298 e. The van der Waals surface area contributed by atoms with Gasteiger partial charge in [-0.3, -0.25) is 14.9 Å². The maximum absolute atomic E-state index is 10.9. The van der Waals surface area contributed by atoms with Crippen molar-refractivity contribution in [2.45, 2.75) is 9.92 Å². The summed E-state index contributed by atoms with van der Waals surface area (Å²) in [6, 6.07) is 9.63. The number of rotatable bonds is 4. The van der Waals surface area contributed by atoms with Crippen LogP contribution in [0.4, 0.5) is 5.69 Å². The molecule has 1 aromatic carbocycles. The Morgan fingerprint density at radius 1 is 1.22 bits per heavy atom. The minimum Gasteiger partial charge on any atom is -0.298 e. The van der Waals surface area contributed by atoms with Crippen molar-refractivity contribution >= 4 is 23.7 Å². The number of carbonyl (C=O) groups excluding carboxylic acids is 1. The van der Waals surface area contributed by atoms with E-state index < -0.39 is 4.92 Å². The van der Waals surface area contributed by atoms with Gasteiger partial charge in [-0.1, -0.05) is 23.9 Å². The van der Waals surface area contributed by atoms with E-state index in [1.54, 1.807) is 36.5 Å². The third kappa shape index (κ3) is 2.54. The average molecular weight is 260 g/mol. The smallest absolute Gasteiger partial charge is 0.283 e. The van der Waals surface area contributed by atoms with E-state index in [0.29, 0.717) is 21.8 Å². The summed E-state index contributed by atoms with van der Waals surface area (Å²) in [5, 5.41) is 11.3. The molecule has 2 rings (SSSR count). The van der Waals surface area contributed by atoms with Gasteiger partial charge in [0.2, 0.25) is 0 Å². The molecular weight excluding hydrogens is 252 g/mol. The van der Waals surface area contributed by atoms with E-state index in [1.165, 1.54) is 6.07 Å². The average Bonchev–Trinajstić information content (AvgIpc) is 2.40. The molecule has 0 atom stereocenters. The Morgan fingerprint density at radius 3 is 2.72 bits per heavy atom. The molecule has 0 aliphatic carbocycles. The van der Waals surface area contributed by atoms with Gasteiger partial charge in [0, 0.05) is 17.8 Å². The second-order valence-corrected chi connectivity index (χ2v) is 4.37. The van der Waals surface area contributed by atoms with Crippen molar-refractivity contribution < 1.29 is 9.72 Å². The summed E-state index contributed by atoms with van der Waals surface area (Å²) >= 11 is 1.11. The minimum absolute atomic E-state index is 0.00463. The topological polar surface area (TPSA) is 73.1 Å². The Bertz CT molecular complexity index is 601. The number of para-hydroxylation sites is 1. The van der Waals surface area contributed by atoms with E-state index in [1.807, 2.05) is 0 Å². The lowest BCUT2D eigenvalue weighted by atomic mass is 10.3. The van der Waals surface area contributed by atoms with E-state index in [2.05, 4.69) is 4.98 Å². The number of hydrogen-bond acceptors (Lipinski definition) is 5. The van der Waals surface area contributed by atoms with Gasteiger partial charge in [-0.15, -0.1) is 0 Å². The number of pyridine rings is 1. The molecule has 5 nitrogen and oxygen atoms in total. The van der Waals surface area contributed by atoms with Crippen LogP contribution >= 0.6 is 11.8 Å². The van der Waals surface area contributed by atoms with Crippen LogP contribution < -0.4 is 0 Å². The Kier molecular flexibility index (Phi) is 3.69. The maximum atomic E-state index is 10.9. The van der Waals surface area contributed by atoms with Crippen molar-refractivity contribution in [1.82, 2.24) is 4.98 Å². The summed E-state index contributed by atoms with van der Waals surface area (Å²) in [4.78, 5) is 25.8. The lowest BCUT2D eigenvalue weighted by Crippen LogP contribution is -1.92. The van der Waals surface area contributed by atoms with Crippen LogP contribution in [0.1, 0.15) is 10.4 Å². The van der Waals surface area contributed by atoms with Gasteiger partial charge in [0.15, 0.2) is 6.29 Å². The van der Waals surface area contributed by atoms with Crippen molar-refractivity contribution in [3.05, 3.63) is 58.3 Å². The van der Waals surface area contributed by atoms with Gasteiger partial charge in [0.05, 0.1) is 9.82 Å². The first-order valence-electron chi connectivity index (χ1n) is 5.04. The summed E-state index contributed by atoms with van der Waals surface area (Å²) in [5.74, 6) is 0. The fourth-order valence-corrected chi connectivity index (χ4v) is 2.33. The summed E-state index contributed by atoms with van der Waals surface area (Å²) in [5.41, 5.74) is 0.422. The maximum Gasteiger partial charge on any atom is 0.283 e. The summed E-state index contributed by atoms with van der Waals surface area (Å²) in [6.45, 7) is 0. The summed E-state index contributed by atoms with van der Waals surface area (Å²) in [7, 11) is 0. The predicted octanol–water partition coefficient (Wildman–Crippen LogP) is 2.95. The summed E-state index contributed by atoms with van der Waals surface area (Å²) in [6.07, 6.45) is 2.23. The second kappa shape index (κ2) is 5.42. The van der Waals surface area contributed by atoms with Crippen LogP contribution in [0.15, 0.2) is 52.5 Å². The van der Waals surface area contributed by atoms with Crippen LogP contribution in [0, 0.1) is 10.1 Å². The van der Waals surface area contributed by atoms with Crippen molar-refractivity contribution in [3.63, 3.8) is 0 Å². The normalized spacial score (nSPS) is 10.0. The van der Waals surface area contributed by atoms with Crippen molar-refractivity contribution in [1.29, 1.82) is 0 Å². The lowest BCUT2D eigenvalue weighted by molar-refractivity contribution is -0.387. The highest BCUT2D eigenvalue weighted by molar-refractivity contribution is 7.99. The SMILES string of the molecule is O=Cc1cccnc1Sc1ccccc1[N+](=O)[O-]. The molecule has 0 saturated heterocycles. The molecule has 2 aromatic rings. The first kappa shape index (κ1) is 12.3. The number of carbonyl (C=O) groups is 1. The van der Waals surface area contributed by atoms with Gasteiger partial charge in [0.25, 0.3) is 5.69 Å². The number of hydrogen-bond donors (Lipinski definition) is 0. The van der Waals surface area contributed by atoms with E-state index in [-0.39, 0.29) is 5.69 Å². The molecule has 18 heavy (non-hydrogen) atoms. The molecule has 0 spiro atoms. The van der Waals surface area contributed by atoms with Crippen LogP contribution in [-0.2, 0) is 0 Å². The van der Waals surface area contributed by atoms with Gasteiger partial charge in [0.1, 0.15) is 5.03 Å². The molecule has 6 heteroatoms. The van der Waals surface area contributed by atoms with Gasteiger partial charge < -0.3 is 0 Å². The number of nitro benzene ring substituents is 1. The molecule has 1 heterocycles. The standard InChI is InChI=1S/C12H8N2O3S/c15-8-9-4-3-7-13-12(9)18-11-6-2-1-5-10(11)14(16)17/h1-8H. The molecule has 90 valence electrons. The van der Waals surface area contributed by atoms with Crippen molar-refractivity contribution in [2.24, 2.45) is 0 Å². The zero-order chi connectivity index (χ0) is 13.0. The molecule has 0 aliphatic rings. The Labute approximate surface area is 107 Å². The quantitative estimate of drug-likeness (QED) is 0.480. The minimum atomic E-state index is -0.453. The third-order valence-electron chi connectivity index (χ3n) is 2.20. The lowest BCUT2D eigenvalue weighted by Gasteiger charge is -2.03. The number of aldehydes is 1. The Balaban J connectivity index is 2.40. The molecule has 0 amide bonds. The van der Waals surface area contributed by atoms with Gasteiger partial charge in [-0.2, -0.15) is 0 Å². The van der Waals surface area contributed by atoms with Crippen LogP contribution in [0.2, 0.25) is 0 Å². The predicted molar refractivity (Wildman–Crippen MR) is 66.8 cm³/mol. The molecule has 0 unspecified atom stereocenters. The molecular formula is C12H8N2O3S. The Morgan fingerprint density at radius 2 is 2.00 bits per heavy atom. The van der Waals surface area contributed by atoms with Gasteiger partial charge in [-0.25, -0.2) is 4.98 Å². The second-order valence-electron chi connectivity index (χ2n) is 3.34. The van der Waals surface area contributed by atoms with Crippen LogP contribution in [0.3, 0.4) is 0 Å². The first-order chi connectivity index (χ1) is 8.72. The van der Waals surface area contributed by atoms with Gasteiger partial charge >= 0.3 is 0 Å². The number of nitrogens with zero attached hydrogens (tertiary/aromatic N) is 2. The third-order valence-corrected chi connectivity index (χ3v) is 3.30. The van der Waals surface area contributed by atoms with E-state index in [4.69, 9.17) is 0 Å². The molecule has 0 saturated carbocycles. The monoisotopic (exact) mass is 260 g/mol. The van der Waals surface area contributed by atoms with E-state index >= 15 is 0 Å². The molecule has 0 N–H and O–H groups in total. The van der Waals surface area contributed by atoms with E-state index in [9.17, 15) is 14.9 Å². The molecule has 1 aromatic heterocycles. The zero-order valence-electron chi connectivity index (χ0n) is 9.15. The van der Waals surface area contributed by atoms with E-state index in [0.717, 1.165) is 11.8 Å². The number of aromatic nitrogens is 1. The highest BCUT2D eigenvalue weighted by atomic mass is 32.2. The highest BCUT2D eigenvalue weighted by Crippen LogP contribution is 2.34. The summed E-state index contributed by atoms with van der Waals surface area (Å²) < 4.78 is 0. The highest BCUT2D eigenvalue weighted by Gasteiger charge is 2.15. The fourth-order valence-electron chi connectivity index (χ4n) is 1.38. The zero-order valence-corrected chi connectivity index (χ0v) is 9.96. The van der Waals surface area contributed by atoms with Crippen molar-refractivity contribution in [3.8, 4) is 0 Å². The first-order valence-corrected chi connectivity index (χ1v) is 5.85. The van der Waals surface area contributed by atoms with Gasteiger partial charge in [-0.05, 0) is 18.2 Å².